The zero-order chi connectivity index (χ0) is 24.0. The molecule has 0 radical (unpaired) electrons. The Hall–Kier alpha value is -1.87. The number of nitrogens with zero attached hydrogens (tertiary/aromatic N) is 1. The molecule has 1 saturated heterocycles. The number of ether oxygens (including phenoxy) is 1. The average molecular weight is 507 g/mol. The largest absolute Gasteiger partial charge is 0.385 e. The first-order valence-electron chi connectivity index (χ1n) is 12.1. The molecule has 0 unspecified atom stereocenters. The molecular weight excluding hydrogens is 472 g/mol. The van der Waals surface area contributed by atoms with Gasteiger partial charge in [0.2, 0.25) is 10.0 Å². The van der Waals surface area contributed by atoms with E-state index in [-0.39, 0.29) is 0 Å². The van der Waals surface area contributed by atoms with Gasteiger partial charge in [-0.15, -0.1) is 0 Å². The molecule has 186 valence electrons. The summed E-state index contributed by atoms with van der Waals surface area (Å²) in [7, 11) is -3.13. The molecular formula is C25H35ClN4O3S. The van der Waals surface area contributed by atoms with Crippen molar-refractivity contribution in [3.05, 3.63) is 41.6 Å². The summed E-state index contributed by atoms with van der Waals surface area (Å²) < 4.78 is 30.8. The standard InChI is InChI=1S/C25H35ClN4O3S/c1-34(31,32)29-16-18-5-7-21(8-6-18)30-25-14-23(24(26)17-28-25)20-3-2-4-22(13-20)27-15-19-9-11-33-12-10-19/h2-4,13-14,17-19,21,27,29H,5-12,15-16H2,1H3,(H,28,30)/t18-,21-. The molecule has 34 heavy (non-hydrogen) atoms. The zero-order valence-corrected chi connectivity index (χ0v) is 21.3. The quantitative estimate of drug-likeness (QED) is 0.454. The van der Waals surface area contributed by atoms with Gasteiger partial charge in [0.05, 0.1) is 11.3 Å². The van der Waals surface area contributed by atoms with Crippen molar-refractivity contribution in [3.63, 3.8) is 0 Å². The van der Waals surface area contributed by atoms with Gasteiger partial charge in [-0.3, -0.25) is 0 Å². The third-order valence-corrected chi connectivity index (χ3v) is 7.79. The lowest BCUT2D eigenvalue weighted by molar-refractivity contribution is 0.0699. The van der Waals surface area contributed by atoms with Crippen molar-refractivity contribution in [1.82, 2.24) is 9.71 Å². The van der Waals surface area contributed by atoms with Gasteiger partial charge in [-0.05, 0) is 74.1 Å². The number of hydrogen-bond donors (Lipinski definition) is 3. The van der Waals surface area contributed by atoms with Crippen LogP contribution in [-0.2, 0) is 14.8 Å². The highest BCUT2D eigenvalue weighted by atomic mass is 35.5. The minimum absolute atomic E-state index is 0.323. The lowest BCUT2D eigenvalue weighted by atomic mass is 9.86. The summed E-state index contributed by atoms with van der Waals surface area (Å²) >= 11 is 6.53. The maximum absolute atomic E-state index is 11.3. The van der Waals surface area contributed by atoms with E-state index in [9.17, 15) is 8.42 Å². The highest BCUT2D eigenvalue weighted by Gasteiger charge is 2.22. The van der Waals surface area contributed by atoms with Crippen LogP contribution in [0.4, 0.5) is 11.5 Å². The summed E-state index contributed by atoms with van der Waals surface area (Å²) in [6.07, 6.45) is 9.08. The normalized spacial score (nSPS) is 21.8. The summed E-state index contributed by atoms with van der Waals surface area (Å²) in [6, 6.07) is 10.7. The first kappa shape index (κ1) is 25.2. The number of anilines is 2. The number of pyridine rings is 1. The molecule has 7 nitrogen and oxygen atoms in total. The van der Waals surface area contributed by atoms with E-state index in [1.165, 1.54) is 6.26 Å². The van der Waals surface area contributed by atoms with Crippen LogP contribution in [0.3, 0.4) is 0 Å². The van der Waals surface area contributed by atoms with Crippen LogP contribution in [0, 0.1) is 11.8 Å². The molecule has 1 aliphatic carbocycles. The van der Waals surface area contributed by atoms with Crippen molar-refractivity contribution >= 4 is 33.1 Å². The lowest BCUT2D eigenvalue weighted by Gasteiger charge is -2.29. The van der Waals surface area contributed by atoms with Crippen LogP contribution >= 0.6 is 11.6 Å². The Kier molecular flexibility index (Phi) is 8.69. The molecule has 2 aliphatic rings. The Labute approximate surface area is 208 Å². The fourth-order valence-electron chi connectivity index (χ4n) is 4.74. The Balaban J connectivity index is 1.35. The number of sulfonamides is 1. The lowest BCUT2D eigenvalue weighted by Crippen LogP contribution is -2.33. The van der Waals surface area contributed by atoms with E-state index in [0.717, 1.165) is 80.9 Å². The van der Waals surface area contributed by atoms with E-state index in [1.54, 1.807) is 6.20 Å². The first-order valence-corrected chi connectivity index (χ1v) is 14.4. The van der Waals surface area contributed by atoms with Crippen molar-refractivity contribution in [2.75, 3.05) is 43.2 Å². The van der Waals surface area contributed by atoms with E-state index in [0.29, 0.717) is 29.4 Å². The summed E-state index contributed by atoms with van der Waals surface area (Å²) in [4.78, 5) is 4.50. The minimum Gasteiger partial charge on any atom is -0.385 e. The zero-order valence-electron chi connectivity index (χ0n) is 19.7. The number of benzene rings is 1. The topological polar surface area (TPSA) is 92.4 Å². The molecule has 3 N–H and O–H groups in total. The second-order valence-electron chi connectivity index (χ2n) is 9.55. The van der Waals surface area contributed by atoms with Crippen molar-refractivity contribution in [1.29, 1.82) is 0 Å². The Morgan fingerprint density at radius 3 is 2.50 bits per heavy atom. The fraction of sp³-hybridized carbons (Fsp3) is 0.560. The van der Waals surface area contributed by atoms with Crippen LogP contribution in [-0.4, -0.2) is 52.0 Å². The summed E-state index contributed by atoms with van der Waals surface area (Å²) in [5.74, 6) is 1.85. The fourth-order valence-corrected chi connectivity index (χ4v) is 5.49. The maximum atomic E-state index is 11.3. The van der Waals surface area contributed by atoms with Crippen molar-refractivity contribution < 1.29 is 13.2 Å². The van der Waals surface area contributed by atoms with Gasteiger partial charge in [-0.1, -0.05) is 23.7 Å². The van der Waals surface area contributed by atoms with Crippen LogP contribution in [0.1, 0.15) is 38.5 Å². The third-order valence-electron chi connectivity index (χ3n) is 6.80. The average Bonchev–Trinajstić information content (AvgIpc) is 2.84. The molecule has 4 rings (SSSR count). The SMILES string of the molecule is CS(=O)(=O)NC[C@H]1CC[C@H](Nc2cc(-c3cccc(NCC4CCOCC4)c3)c(Cl)cn2)CC1. The Morgan fingerprint density at radius 1 is 1.03 bits per heavy atom. The van der Waals surface area contributed by atoms with Gasteiger partial charge in [0, 0.05) is 49.8 Å². The molecule has 1 aromatic heterocycles. The Morgan fingerprint density at radius 2 is 1.76 bits per heavy atom. The van der Waals surface area contributed by atoms with Crippen LogP contribution in [0.25, 0.3) is 11.1 Å². The van der Waals surface area contributed by atoms with Crippen molar-refractivity contribution in [2.24, 2.45) is 11.8 Å². The van der Waals surface area contributed by atoms with Gasteiger partial charge >= 0.3 is 0 Å². The predicted molar refractivity (Wildman–Crippen MR) is 139 cm³/mol. The van der Waals surface area contributed by atoms with E-state index in [1.807, 2.05) is 6.07 Å². The minimum atomic E-state index is -3.13. The highest BCUT2D eigenvalue weighted by Crippen LogP contribution is 2.32. The van der Waals surface area contributed by atoms with E-state index in [2.05, 4.69) is 44.6 Å². The number of rotatable bonds is 9. The van der Waals surface area contributed by atoms with Crippen LogP contribution in [0.2, 0.25) is 5.02 Å². The monoisotopic (exact) mass is 506 g/mol. The molecule has 2 fully saturated rings. The van der Waals surface area contributed by atoms with Crippen molar-refractivity contribution in [3.8, 4) is 11.1 Å². The van der Waals surface area contributed by atoms with Gasteiger partial charge in [-0.25, -0.2) is 18.1 Å². The van der Waals surface area contributed by atoms with Gasteiger partial charge < -0.3 is 15.4 Å². The smallest absolute Gasteiger partial charge is 0.208 e. The number of hydrogen-bond acceptors (Lipinski definition) is 6. The molecule has 2 heterocycles. The van der Waals surface area contributed by atoms with Crippen molar-refractivity contribution in [2.45, 2.75) is 44.6 Å². The summed E-state index contributed by atoms with van der Waals surface area (Å²) in [6.45, 7) is 3.18. The predicted octanol–water partition coefficient (Wildman–Crippen LogP) is 4.76. The second kappa shape index (κ2) is 11.7. The first-order chi connectivity index (χ1) is 16.4. The molecule has 1 aliphatic heterocycles. The number of nitrogens with one attached hydrogen (secondary N) is 3. The van der Waals surface area contributed by atoms with Gasteiger partial charge in [0.25, 0.3) is 0 Å². The molecule has 0 amide bonds. The Bertz CT molecular complexity index is 1050. The number of aromatic nitrogens is 1. The van der Waals surface area contributed by atoms with E-state index < -0.39 is 10.0 Å². The maximum Gasteiger partial charge on any atom is 0.208 e. The molecule has 9 heteroatoms. The van der Waals surface area contributed by atoms with E-state index >= 15 is 0 Å². The molecule has 0 atom stereocenters. The molecule has 0 spiro atoms. The van der Waals surface area contributed by atoms with Gasteiger partial charge in [0.15, 0.2) is 0 Å². The van der Waals surface area contributed by atoms with Gasteiger partial charge in [0.1, 0.15) is 5.82 Å². The highest BCUT2D eigenvalue weighted by molar-refractivity contribution is 7.88. The van der Waals surface area contributed by atoms with Gasteiger partial charge in [-0.2, -0.15) is 0 Å². The van der Waals surface area contributed by atoms with Crippen LogP contribution < -0.4 is 15.4 Å². The number of halogens is 1. The van der Waals surface area contributed by atoms with Crippen LogP contribution in [0.15, 0.2) is 36.5 Å². The molecule has 1 aromatic carbocycles. The molecule has 0 bridgehead atoms. The second-order valence-corrected chi connectivity index (χ2v) is 11.8. The molecule has 1 saturated carbocycles. The molecule has 2 aromatic rings. The summed E-state index contributed by atoms with van der Waals surface area (Å²) in [5.41, 5.74) is 3.11. The summed E-state index contributed by atoms with van der Waals surface area (Å²) in [5, 5.41) is 7.76. The van der Waals surface area contributed by atoms with Crippen LogP contribution in [0.5, 0.6) is 0 Å². The third kappa shape index (κ3) is 7.57. The van der Waals surface area contributed by atoms with E-state index in [4.69, 9.17) is 16.3 Å².